The topological polar surface area (TPSA) is 62.6 Å². The molecule has 90 valence electrons. The number of methoxy groups -OCH3 is 1. The molecule has 1 rings (SSSR count). The van der Waals surface area contributed by atoms with Crippen LogP contribution in [0, 0.1) is 18.3 Å². The van der Waals surface area contributed by atoms with Crippen molar-refractivity contribution < 1.29 is 14.3 Å². The summed E-state index contributed by atoms with van der Waals surface area (Å²) >= 11 is 0. The van der Waals surface area contributed by atoms with E-state index in [1.54, 1.807) is 12.1 Å². The number of carbonyl (C=O) groups excluding carboxylic acids is 1. The molecule has 5 heteroatoms. The van der Waals surface area contributed by atoms with Gasteiger partial charge in [-0.2, -0.15) is 5.26 Å². The first kappa shape index (κ1) is 12.8. The van der Waals surface area contributed by atoms with Crippen LogP contribution in [0.3, 0.4) is 0 Å². The van der Waals surface area contributed by atoms with Crippen LogP contribution in [-0.2, 0) is 0 Å². The lowest BCUT2D eigenvalue weighted by Gasteiger charge is -2.14. The van der Waals surface area contributed by atoms with Crippen LogP contribution in [0.15, 0.2) is 18.2 Å². The maximum Gasteiger partial charge on any atom is 0.415 e. The normalized spacial score (nSPS) is 9.29. The van der Waals surface area contributed by atoms with Crippen molar-refractivity contribution >= 4 is 6.09 Å². The minimum absolute atomic E-state index is 0.0208. The van der Waals surface area contributed by atoms with E-state index in [0.717, 1.165) is 5.56 Å². The molecule has 17 heavy (non-hydrogen) atoms. The second kappa shape index (κ2) is 5.75. The van der Waals surface area contributed by atoms with Crippen molar-refractivity contribution in [1.82, 2.24) is 4.90 Å². The third-order valence-corrected chi connectivity index (χ3v) is 2.14. The van der Waals surface area contributed by atoms with Crippen LogP contribution in [-0.4, -0.2) is 31.7 Å². The van der Waals surface area contributed by atoms with Crippen LogP contribution in [0.25, 0.3) is 0 Å². The third-order valence-electron chi connectivity index (χ3n) is 2.14. The van der Waals surface area contributed by atoms with Gasteiger partial charge in [-0.15, -0.1) is 0 Å². The van der Waals surface area contributed by atoms with Gasteiger partial charge in [-0.05, 0) is 24.6 Å². The van der Waals surface area contributed by atoms with E-state index in [9.17, 15) is 4.79 Å². The monoisotopic (exact) mass is 234 g/mol. The smallest absolute Gasteiger partial charge is 0.415 e. The molecule has 1 aromatic rings. The molecule has 0 radical (unpaired) electrons. The minimum Gasteiger partial charge on any atom is -0.493 e. The quantitative estimate of drug-likeness (QED) is 0.750. The predicted octanol–water partition coefficient (Wildman–Crippen LogP) is 1.96. The summed E-state index contributed by atoms with van der Waals surface area (Å²) in [5.74, 6) is 0.830. The Morgan fingerprint density at radius 3 is 2.76 bits per heavy atom. The second-order valence-electron chi connectivity index (χ2n) is 3.54. The van der Waals surface area contributed by atoms with Gasteiger partial charge < -0.3 is 9.47 Å². The predicted molar refractivity (Wildman–Crippen MR) is 62.0 cm³/mol. The van der Waals surface area contributed by atoms with Gasteiger partial charge in [0.2, 0.25) is 0 Å². The molecule has 0 fully saturated rings. The molecule has 0 N–H and O–H groups in total. The average molecular weight is 234 g/mol. The number of nitrogens with zero attached hydrogens (tertiary/aromatic N) is 2. The SMILES string of the molecule is COc1cc(C)ccc1OC(=O)N(C)CC#N. The van der Waals surface area contributed by atoms with Crippen molar-refractivity contribution in [3.05, 3.63) is 23.8 Å². The van der Waals surface area contributed by atoms with Gasteiger partial charge in [0.05, 0.1) is 13.2 Å². The van der Waals surface area contributed by atoms with E-state index >= 15 is 0 Å². The van der Waals surface area contributed by atoms with Crippen molar-refractivity contribution in [2.24, 2.45) is 0 Å². The molecule has 1 aromatic carbocycles. The molecule has 0 atom stereocenters. The largest absolute Gasteiger partial charge is 0.493 e. The Kier molecular flexibility index (Phi) is 4.35. The first-order valence-electron chi connectivity index (χ1n) is 5.03. The summed E-state index contributed by atoms with van der Waals surface area (Å²) in [5, 5.41) is 8.46. The van der Waals surface area contributed by atoms with Gasteiger partial charge in [0.15, 0.2) is 11.5 Å². The number of aryl methyl sites for hydroxylation is 1. The first-order chi connectivity index (χ1) is 8.08. The second-order valence-corrected chi connectivity index (χ2v) is 3.54. The standard InChI is InChI=1S/C12H14N2O3/c1-9-4-5-10(11(8-9)16-3)17-12(15)14(2)7-6-13/h4-5,8H,7H2,1-3H3. The average Bonchev–Trinajstić information content (AvgIpc) is 2.31. The van der Waals surface area contributed by atoms with Crippen molar-refractivity contribution in [3.8, 4) is 17.6 Å². The van der Waals surface area contributed by atoms with Gasteiger partial charge in [0.25, 0.3) is 0 Å². The van der Waals surface area contributed by atoms with Crippen LogP contribution in [0.1, 0.15) is 5.56 Å². The fourth-order valence-corrected chi connectivity index (χ4v) is 1.20. The summed E-state index contributed by atoms with van der Waals surface area (Å²) in [6.07, 6.45) is -0.589. The van der Waals surface area contributed by atoms with E-state index in [-0.39, 0.29) is 6.54 Å². The summed E-state index contributed by atoms with van der Waals surface area (Å²) in [6.45, 7) is 1.89. The summed E-state index contributed by atoms with van der Waals surface area (Å²) in [4.78, 5) is 12.7. The van der Waals surface area contributed by atoms with Gasteiger partial charge in [0, 0.05) is 7.05 Å². The maximum atomic E-state index is 11.6. The van der Waals surface area contributed by atoms with Crippen molar-refractivity contribution in [3.63, 3.8) is 0 Å². The number of ether oxygens (including phenoxy) is 2. The van der Waals surface area contributed by atoms with Gasteiger partial charge in [-0.25, -0.2) is 4.79 Å². The van der Waals surface area contributed by atoms with Crippen LogP contribution >= 0.6 is 0 Å². The number of hydrogen-bond donors (Lipinski definition) is 0. The lowest BCUT2D eigenvalue weighted by Crippen LogP contribution is -2.30. The van der Waals surface area contributed by atoms with Crippen LogP contribution in [0.4, 0.5) is 4.79 Å². The Morgan fingerprint density at radius 1 is 1.47 bits per heavy atom. The maximum absolute atomic E-state index is 11.6. The number of hydrogen-bond acceptors (Lipinski definition) is 4. The molecule has 0 spiro atoms. The van der Waals surface area contributed by atoms with Crippen molar-refractivity contribution in [2.75, 3.05) is 20.7 Å². The van der Waals surface area contributed by atoms with E-state index in [4.69, 9.17) is 14.7 Å². The summed E-state index contributed by atoms with van der Waals surface area (Å²) in [6, 6.07) is 7.11. The Morgan fingerprint density at radius 2 is 2.18 bits per heavy atom. The minimum atomic E-state index is -0.589. The Balaban J connectivity index is 2.81. The van der Waals surface area contributed by atoms with Crippen molar-refractivity contribution in [1.29, 1.82) is 5.26 Å². The van der Waals surface area contributed by atoms with E-state index in [0.29, 0.717) is 11.5 Å². The third kappa shape index (κ3) is 3.38. The van der Waals surface area contributed by atoms with Crippen molar-refractivity contribution in [2.45, 2.75) is 6.92 Å². The van der Waals surface area contributed by atoms with E-state index in [2.05, 4.69) is 0 Å². The van der Waals surface area contributed by atoms with Crippen LogP contribution < -0.4 is 9.47 Å². The van der Waals surface area contributed by atoms with E-state index in [1.807, 2.05) is 19.1 Å². The van der Waals surface area contributed by atoms with Crippen LogP contribution in [0.2, 0.25) is 0 Å². The number of amides is 1. The highest BCUT2D eigenvalue weighted by Gasteiger charge is 2.13. The molecular formula is C12H14N2O3. The summed E-state index contributed by atoms with van der Waals surface area (Å²) in [7, 11) is 3.00. The van der Waals surface area contributed by atoms with E-state index < -0.39 is 6.09 Å². The summed E-state index contributed by atoms with van der Waals surface area (Å²) in [5.41, 5.74) is 1.01. The lowest BCUT2D eigenvalue weighted by molar-refractivity contribution is 0.166. The Hall–Kier alpha value is -2.22. The van der Waals surface area contributed by atoms with Crippen LogP contribution in [0.5, 0.6) is 11.5 Å². The zero-order valence-corrected chi connectivity index (χ0v) is 10.1. The highest BCUT2D eigenvalue weighted by atomic mass is 16.6. The molecule has 0 saturated carbocycles. The molecule has 5 nitrogen and oxygen atoms in total. The molecule has 1 amide bonds. The number of nitriles is 1. The highest BCUT2D eigenvalue weighted by molar-refractivity contribution is 5.71. The lowest BCUT2D eigenvalue weighted by atomic mass is 10.2. The van der Waals surface area contributed by atoms with Gasteiger partial charge in [-0.3, -0.25) is 4.90 Å². The fourth-order valence-electron chi connectivity index (χ4n) is 1.20. The zero-order valence-electron chi connectivity index (χ0n) is 10.1. The fraction of sp³-hybridized carbons (Fsp3) is 0.333. The molecule has 0 aliphatic heterocycles. The molecule has 0 unspecified atom stereocenters. The number of rotatable bonds is 3. The number of carbonyl (C=O) groups is 1. The molecule has 0 bridgehead atoms. The molecule has 0 aromatic heterocycles. The molecule has 0 aliphatic carbocycles. The van der Waals surface area contributed by atoms with Gasteiger partial charge in [-0.1, -0.05) is 6.07 Å². The first-order valence-corrected chi connectivity index (χ1v) is 5.03. The molecule has 0 saturated heterocycles. The number of benzene rings is 1. The van der Waals surface area contributed by atoms with E-state index in [1.165, 1.54) is 19.1 Å². The molecule has 0 aliphatic rings. The Labute approximate surface area is 100 Å². The zero-order chi connectivity index (χ0) is 12.8. The summed E-state index contributed by atoms with van der Waals surface area (Å²) < 4.78 is 10.2. The molecular weight excluding hydrogens is 220 g/mol. The van der Waals surface area contributed by atoms with Gasteiger partial charge in [0.1, 0.15) is 6.54 Å². The van der Waals surface area contributed by atoms with Gasteiger partial charge >= 0.3 is 6.09 Å². The Bertz CT molecular complexity index is 452. The molecule has 0 heterocycles. The highest BCUT2D eigenvalue weighted by Crippen LogP contribution is 2.28.